The number of hydrogen-bond donors (Lipinski definition) is 2. The summed E-state index contributed by atoms with van der Waals surface area (Å²) in [5, 5.41) is 15.0. The van der Waals surface area contributed by atoms with Crippen LogP contribution in [0.15, 0.2) is 11.3 Å². The van der Waals surface area contributed by atoms with Gasteiger partial charge < -0.3 is 24.7 Å². The van der Waals surface area contributed by atoms with E-state index >= 15 is 0 Å². The topological polar surface area (TPSA) is 85.6 Å². The van der Waals surface area contributed by atoms with Crippen molar-refractivity contribution in [1.82, 2.24) is 25.4 Å². The maximum Gasteiger partial charge on any atom is 0.191 e. The van der Waals surface area contributed by atoms with Crippen molar-refractivity contribution >= 4 is 5.96 Å². The van der Waals surface area contributed by atoms with Crippen LogP contribution in [-0.2, 0) is 22.4 Å². The number of hydrogen-bond acceptors (Lipinski definition) is 5. The van der Waals surface area contributed by atoms with Crippen molar-refractivity contribution in [2.75, 3.05) is 39.5 Å². The Labute approximate surface area is 169 Å². The molecule has 0 radical (unpaired) electrons. The Balaban J connectivity index is 1.74. The summed E-state index contributed by atoms with van der Waals surface area (Å²) in [6.45, 7) is 9.91. The van der Waals surface area contributed by atoms with Gasteiger partial charge >= 0.3 is 0 Å². The molecule has 0 spiro atoms. The van der Waals surface area contributed by atoms with Gasteiger partial charge in [-0.1, -0.05) is 20.3 Å². The third kappa shape index (κ3) is 9.01. The van der Waals surface area contributed by atoms with E-state index in [2.05, 4.69) is 39.2 Å². The fourth-order valence-corrected chi connectivity index (χ4v) is 3.08. The van der Waals surface area contributed by atoms with Crippen LogP contribution in [-0.4, -0.2) is 66.3 Å². The first kappa shape index (κ1) is 22.6. The molecule has 0 aliphatic carbocycles. The molecule has 1 aliphatic rings. The molecule has 1 aliphatic heterocycles. The molecule has 1 aromatic heterocycles. The number of ether oxygens (including phenoxy) is 2. The van der Waals surface area contributed by atoms with Crippen molar-refractivity contribution in [3.05, 3.63) is 12.2 Å². The number of unbranched alkanes of at least 4 members (excludes halogenated alkanes) is 1. The fourth-order valence-electron chi connectivity index (χ4n) is 3.08. The van der Waals surface area contributed by atoms with Gasteiger partial charge in [-0.2, -0.15) is 0 Å². The van der Waals surface area contributed by atoms with E-state index in [1.54, 1.807) is 6.33 Å². The van der Waals surface area contributed by atoms with Crippen LogP contribution in [0.2, 0.25) is 0 Å². The third-order valence-corrected chi connectivity index (χ3v) is 4.78. The van der Waals surface area contributed by atoms with Gasteiger partial charge in [0.1, 0.15) is 12.2 Å². The van der Waals surface area contributed by atoms with Crippen molar-refractivity contribution in [3.8, 4) is 0 Å². The molecule has 1 unspecified atom stereocenters. The Bertz CT molecular complexity index is 543. The van der Waals surface area contributed by atoms with Crippen LogP contribution in [0.5, 0.6) is 0 Å². The molecular formula is C20H38N6O2. The summed E-state index contributed by atoms with van der Waals surface area (Å²) in [4.78, 5) is 4.74. The Morgan fingerprint density at radius 3 is 2.89 bits per heavy atom. The van der Waals surface area contributed by atoms with Gasteiger partial charge in [0.25, 0.3) is 0 Å². The Hall–Kier alpha value is -1.67. The number of aromatic nitrogens is 3. The molecule has 28 heavy (non-hydrogen) atoms. The summed E-state index contributed by atoms with van der Waals surface area (Å²) in [5.41, 5.74) is 0. The molecule has 2 heterocycles. The summed E-state index contributed by atoms with van der Waals surface area (Å²) in [5.74, 6) is 1.85. The van der Waals surface area contributed by atoms with Crippen LogP contribution in [0.1, 0.15) is 58.2 Å². The average Bonchev–Trinajstić information content (AvgIpc) is 3.19. The SMILES string of the molecule is CCCCOCCCNC(=NCC1CCCCO1)NCCn1cnnc1CC. The van der Waals surface area contributed by atoms with E-state index in [1.807, 2.05) is 0 Å². The van der Waals surface area contributed by atoms with Gasteiger partial charge in [-0.05, 0) is 32.1 Å². The highest BCUT2D eigenvalue weighted by Gasteiger charge is 2.13. The monoisotopic (exact) mass is 394 g/mol. The minimum Gasteiger partial charge on any atom is -0.381 e. The lowest BCUT2D eigenvalue weighted by Gasteiger charge is -2.21. The molecule has 8 heteroatoms. The zero-order chi connectivity index (χ0) is 19.9. The van der Waals surface area contributed by atoms with Crippen LogP contribution in [0.3, 0.4) is 0 Å². The standard InChI is InChI=1S/C20H38N6O2/c1-3-5-13-27-14-8-10-21-20(23-16-18-9-6-7-15-28-18)22-11-12-26-17-24-25-19(26)4-2/h17-18H,3-16H2,1-2H3,(H2,21,22,23). The molecule has 0 aromatic carbocycles. The van der Waals surface area contributed by atoms with Gasteiger partial charge in [0.05, 0.1) is 12.6 Å². The lowest BCUT2D eigenvalue weighted by Crippen LogP contribution is -2.40. The van der Waals surface area contributed by atoms with E-state index in [1.165, 1.54) is 19.3 Å². The van der Waals surface area contributed by atoms with Crippen LogP contribution >= 0.6 is 0 Å². The molecule has 1 saturated heterocycles. The predicted octanol–water partition coefficient (Wildman–Crippen LogP) is 2.15. The summed E-state index contributed by atoms with van der Waals surface area (Å²) < 4.78 is 13.5. The predicted molar refractivity (Wildman–Crippen MR) is 112 cm³/mol. The number of rotatable bonds is 13. The second-order valence-electron chi connectivity index (χ2n) is 7.15. The van der Waals surface area contributed by atoms with Gasteiger partial charge in [0.2, 0.25) is 0 Å². The first-order valence-electron chi connectivity index (χ1n) is 10.9. The highest BCUT2D eigenvalue weighted by molar-refractivity contribution is 5.79. The summed E-state index contributed by atoms with van der Waals surface area (Å²) in [6.07, 6.45) is 9.69. The number of aliphatic imine (C=N–C) groups is 1. The fraction of sp³-hybridized carbons (Fsp3) is 0.850. The molecule has 2 rings (SSSR count). The van der Waals surface area contributed by atoms with Gasteiger partial charge in [-0.25, -0.2) is 0 Å². The highest BCUT2D eigenvalue weighted by Crippen LogP contribution is 2.12. The maximum absolute atomic E-state index is 5.80. The van der Waals surface area contributed by atoms with E-state index in [4.69, 9.17) is 14.5 Å². The molecule has 8 nitrogen and oxygen atoms in total. The minimum atomic E-state index is 0.245. The van der Waals surface area contributed by atoms with E-state index < -0.39 is 0 Å². The van der Waals surface area contributed by atoms with Crippen molar-refractivity contribution in [2.45, 2.75) is 71.4 Å². The van der Waals surface area contributed by atoms with Crippen molar-refractivity contribution in [3.63, 3.8) is 0 Å². The normalized spacial score (nSPS) is 17.6. The first-order valence-corrected chi connectivity index (χ1v) is 10.9. The molecule has 2 N–H and O–H groups in total. The minimum absolute atomic E-state index is 0.245. The third-order valence-electron chi connectivity index (χ3n) is 4.78. The van der Waals surface area contributed by atoms with Crippen LogP contribution < -0.4 is 10.6 Å². The number of aryl methyl sites for hydroxylation is 1. The van der Waals surface area contributed by atoms with Crippen molar-refractivity contribution in [2.24, 2.45) is 4.99 Å². The second kappa shape index (κ2) is 14.3. The maximum atomic E-state index is 5.80. The molecule has 0 amide bonds. The zero-order valence-electron chi connectivity index (χ0n) is 17.7. The number of nitrogens with one attached hydrogen (secondary N) is 2. The zero-order valence-corrected chi connectivity index (χ0v) is 17.7. The van der Waals surface area contributed by atoms with Gasteiger partial charge in [-0.15, -0.1) is 10.2 Å². The Morgan fingerprint density at radius 1 is 1.25 bits per heavy atom. The van der Waals surface area contributed by atoms with Gasteiger partial charge in [-0.3, -0.25) is 4.99 Å². The second-order valence-corrected chi connectivity index (χ2v) is 7.15. The van der Waals surface area contributed by atoms with E-state index in [-0.39, 0.29) is 6.10 Å². The summed E-state index contributed by atoms with van der Waals surface area (Å²) in [7, 11) is 0. The van der Waals surface area contributed by atoms with E-state index in [0.29, 0.717) is 6.54 Å². The van der Waals surface area contributed by atoms with Crippen LogP contribution in [0, 0.1) is 0 Å². The average molecular weight is 395 g/mol. The molecule has 160 valence electrons. The number of guanidine groups is 1. The molecule has 1 aromatic rings. The molecule has 0 bridgehead atoms. The Kier molecular flexibility index (Phi) is 11.6. The van der Waals surface area contributed by atoms with E-state index in [0.717, 1.165) is 76.9 Å². The largest absolute Gasteiger partial charge is 0.381 e. The lowest BCUT2D eigenvalue weighted by molar-refractivity contribution is 0.0224. The molecular weight excluding hydrogens is 356 g/mol. The summed E-state index contributed by atoms with van der Waals surface area (Å²) in [6, 6.07) is 0. The smallest absolute Gasteiger partial charge is 0.191 e. The van der Waals surface area contributed by atoms with Gasteiger partial charge in [0.15, 0.2) is 5.96 Å². The van der Waals surface area contributed by atoms with Crippen molar-refractivity contribution in [1.29, 1.82) is 0 Å². The van der Waals surface area contributed by atoms with E-state index in [9.17, 15) is 0 Å². The first-order chi connectivity index (χ1) is 13.8. The highest BCUT2D eigenvalue weighted by atomic mass is 16.5. The van der Waals surface area contributed by atoms with Crippen molar-refractivity contribution < 1.29 is 9.47 Å². The molecule has 1 fully saturated rings. The van der Waals surface area contributed by atoms with Crippen LogP contribution in [0.4, 0.5) is 0 Å². The lowest BCUT2D eigenvalue weighted by atomic mass is 10.1. The summed E-state index contributed by atoms with van der Waals surface area (Å²) >= 11 is 0. The molecule has 1 atom stereocenters. The number of nitrogens with zero attached hydrogens (tertiary/aromatic N) is 4. The van der Waals surface area contributed by atoms with Crippen LogP contribution in [0.25, 0.3) is 0 Å². The molecule has 0 saturated carbocycles. The Morgan fingerprint density at radius 2 is 2.11 bits per heavy atom. The quantitative estimate of drug-likeness (QED) is 0.303. The van der Waals surface area contributed by atoms with Gasteiger partial charge in [0, 0.05) is 45.9 Å².